The monoisotopic (exact) mass is 522 g/mol. The highest BCUT2D eigenvalue weighted by atomic mass is 32.1. The molecular formula is C28H30N2O6S. The summed E-state index contributed by atoms with van der Waals surface area (Å²) in [6, 6.07) is 12.0. The van der Waals surface area contributed by atoms with Crippen LogP contribution >= 0.6 is 11.3 Å². The quantitative estimate of drug-likeness (QED) is 0.432. The fourth-order valence-corrected chi connectivity index (χ4v) is 5.62. The number of nitrogens with zero attached hydrogens (tertiary/aromatic N) is 2. The van der Waals surface area contributed by atoms with Gasteiger partial charge >= 0.3 is 5.97 Å². The van der Waals surface area contributed by atoms with Gasteiger partial charge in [0.1, 0.15) is 12.6 Å². The van der Waals surface area contributed by atoms with Crippen molar-refractivity contribution in [3.05, 3.63) is 75.7 Å². The fraction of sp³-hybridized carbons (Fsp3) is 0.393. The molecule has 1 N–H and O–H groups in total. The number of fused-ring (bicyclic) bond motifs is 1. The highest BCUT2D eigenvalue weighted by Crippen LogP contribution is 2.40. The van der Waals surface area contributed by atoms with E-state index >= 15 is 0 Å². The number of carbonyl (C=O) groups is 2. The molecule has 9 heteroatoms. The standard InChI is InChI=1S/C28H30N2O6S/c1-34-24-12-11-19-15-30(23(28(32)33)13-22(19)26(24)35-16-21-14-29-17-37-21)27(31)25(18-7-3-2-4-8-18)36-20-9-5-6-10-20/h2-4,7-8,11-12,14,17,20,23,25H,5-6,9-10,13,15-16H2,1H3,(H,32,33)/t23-,25+/m0/s1. The molecule has 2 aliphatic rings. The summed E-state index contributed by atoms with van der Waals surface area (Å²) in [6.07, 6.45) is 4.93. The molecule has 1 fully saturated rings. The summed E-state index contributed by atoms with van der Waals surface area (Å²) in [5, 5.41) is 10.2. The van der Waals surface area contributed by atoms with Crippen LogP contribution in [0.4, 0.5) is 0 Å². The lowest BCUT2D eigenvalue weighted by Crippen LogP contribution is -2.50. The van der Waals surface area contributed by atoms with Crippen molar-refractivity contribution in [2.75, 3.05) is 7.11 Å². The molecule has 194 valence electrons. The molecule has 1 saturated carbocycles. The Bertz CT molecular complexity index is 1230. The topological polar surface area (TPSA) is 98.2 Å². The second-order valence-corrected chi connectivity index (χ2v) is 10.3. The van der Waals surface area contributed by atoms with E-state index in [0.29, 0.717) is 18.1 Å². The number of rotatable bonds is 9. The van der Waals surface area contributed by atoms with Crippen LogP contribution in [0.15, 0.2) is 54.2 Å². The van der Waals surface area contributed by atoms with E-state index in [-0.39, 0.29) is 25.0 Å². The van der Waals surface area contributed by atoms with E-state index in [9.17, 15) is 14.7 Å². The van der Waals surface area contributed by atoms with Gasteiger partial charge in [-0.05, 0) is 30.0 Å². The van der Waals surface area contributed by atoms with Gasteiger partial charge in [0, 0.05) is 24.7 Å². The maximum absolute atomic E-state index is 14.0. The van der Waals surface area contributed by atoms with Crippen LogP contribution in [-0.2, 0) is 33.9 Å². The van der Waals surface area contributed by atoms with Crippen molar-refractivity contribution in [3.63, 3.8) is 0 Å². The number of methoxy groups -OCH3 is 1. The van der Waals surface area contributed by atoms with Gasteiger partial charge < -0.3 is 24.2 Å². The number of carbonyl (C=O) groups excluding carboxylic acids is 1. The first kappa shape index (κ1) is 25.2. The van der Waals surface area contributed by atoms with Crippen molar-refractivity contribution in [3.8, 4) is 11.5 Å². The van der Waals surface area contributed by atoms with Crippen LogP contribution in [0.3, 0.4) is 0 Å². The second kappa shape index (κ2) is 11.3. The number of aromatic nitrogens is 1. The number of carboxylic acids is 1. The SMILES string of the molecule is COc1ccc2c(c1OCc1cncs1)C[C@@H](C(=O)O)N(C(=O)[C@H](OC1CCCC1)c1ccccc1)C2. The maximum Gasteiger partial charge on any atom is 0.326 e. The Morgan fingerprint density at radius 2 is 1.95 bits per heavy atom. The van der Waals surface area contributed by atoms with Crippen molar-refractivity contribution < 1.29 is 28.9 Å². The van der Waals surface area contributed by atoms with Crippen molar-refractivity contribution in [2.45, 2.75) is 63.5 Å². The minimum atomic E-state index is -1.07. The molecule has 1 aliphatic carbocycles. The van der Waals surface area contributed by atoms with Crippen molar-refractivity contribution in [1.29, 1.82) is 0 Å². The maximum atomic E-state index is 14.0. The number of aliphatic carboxylic acids is 1. The van der Waals surface area contributed by atoms with Crippen molar-refractivity contribution >= 4 is 23.2 Å². The number of hydrogen-bond acceptors (Lipinski definition) is 7. The van der Waals surface area contributed by atoms with Crippen LogP contribution in [0.25, 0.3) is 0 Å². The molecule has 1 amide bonds. The zero-order valence-corrected chi connectivity index (χ0v) is 21.5. The predicted octanol–water partition coefficient (Wildman–Crippen LogP) is 4.77. The molecule has 2 aromatic carbocycles. The number of thiazole rings is 1. The molecule has 1 aliphatic heterocycles. The van der Waals surface area contributed by atoms with Crippen LogP contribution in [0, 0.1) is 0 Å². The Morgan fingerprint density at radius 1 is 1.16 bits per heavy atom. The predicted molar refractivity (Wildman–Crippen MR) is 138 cm³/mol. The van der Waals surface area contributed by atoms with Gasteiger partial charge in [-0.1, -0.05) is 49.2 Å². The minimum absolute atomic E-state index is 0.00878. The molecule has 0 saturated heterocycles. The number of carboxylic acid groups (broad SMARTS) is 1. The Hall–Kier alpha value is -3.43. The van der Waals surface area contributed by atoms with Crippen LogP contribution in [0.5, 0.6) is 11.5 Å². The van der Waals surface area contributed by atoms with E-state index in [4.69, 9.17) is 14.2 Å². The van der Waals surface area contributed by atoms with Gasteiger partial charge in [0.25, 0.3) is 5.91 Å². The van der Waals surface area contributed by atoms with Gasteiger partial charge in [-0.2, -0.15) is 0 Å². The highest BCUT2D eigenvalue weighted by Gasteiger charge is 2.41. The summed E-state index contributed by atoms with van der Waals surface area (Å²) in [4.78, 5) is 32.9. The lowest BCUT2D eigenvalue weighted by atomic mass is 9.91. The Kier molecular flexibility index (Phi) is 7.71. The first-order valence-electron chi connectivity index (χ1n) is 12.5. The summed E-state index contributed by atoms with van der Waals surface area (Å²) in [5.74, 6) is -0.366. The van der Waals surface area contributed by atoms with Gasteiger partial charge in [-0.15, -0.1) is 11.3 Å². The third-order valence-corrected chi connectivity index (χ3v) is 7.78. The zero-order chi connectivity index (χ0) is 25.8. The lowest BCUT2D eigenvalue weighted by molar-refractivity contribution is -0.160. The summed E-state index contributed by atoms with van der Waals surface area (Å²) in [6.45, 7) is 0.437. The molecule has 0 spiro atoms. The van der Waals surface area contributed by atoms with Gasteiger partial charge in [-0.3, -0.25) is 9.78 Å². The van der Waals surface area contributed by atoms with Crippen LogP contribution in [0.1, 0.15) is 53.4 Å². The van der Waals surface area contributed by atoms with Crippen LogP contribution < -0.4 is 9.47 Å². The van der Waals surface area contributed by atoms with Crippen molar-refractivity contribution in [1.82, 2.24) is 9.88 Å². The van der Waals surface area contributed by atoms with Gasteiger partial charge in [0.15, 0.2) is 17.6 Å². The summed E-state index contributed by atoms with van der Waals surface area (Å²) < 4.78 is 18.0. The average molecular weight is 523 g/mol. The molecule has 37 heavy (non-hydrogen) atoms. The molecule has 0 bridgehead atoms. The molecule has 5 rings (SSSR count). The molecule has 2 atom stereocenters. The first-order valence-corrected chi connectivity index (χ1v) is 13.4. The summed E-state index contributed by atoms with van der Waals surface area (Å²) >= 11 is 1.48. The van der Waals surface area contributed by atoms with Crippen LogP contribution in [0.2, 0.25) is 0 Å². The molecule has 1 aromatic heterocycles. The van der Waals surface area contributed by atoms with Gasteiger partial charge in [0.2, 0.25) is 0 Å². The van der Waals surface area contributed by atoms with E-state index in [1.54, 1.807) is 24.9 Å². The zero-order valence-electron chi connectivity index (χ0n) is 20.7. The normalized spacial score (nSPS) is 18.3. The molecular weight excluding hydrogens is 492 g/mol. The first-order chi connectivity index (χ1) is 18.0. The molecule has 0 radical (unpaired) electrons. The fourth-order valence-electron chi connectivity index (χ4n) is 5.12. The molecule has 0 unspecified atom stereocenters. The Balaban J connectivity index is 1.46. The van der Waals surface area contributed by atoms with E-state index in [1.807, 2.05) is 36.4 Å². The Labute approximate surface area is 219 Å². The van der Waals surface area contributed by atoms with Crippen LogP contribution in [-0.4, -0.2) is 46.1 Å². The summed E-state index contributed by atoms with van der Waals surface area (Å²) in [5.41, 5.74) is 4.04. The highest BCUT2D eigenvalue weighted by molar-refractivity contribution is 7.09. The number of benzene rings is 2. The van der Waals surface area contributed by atoms with E-state index in [2.05, 4.69) is 4.98 Å². The number of ether oxygens (including phenoxy) is 3. The summed E-state index contributed by atoms with van der Waals surface area (Å²) in [7, 11) is 1.55. The van der Waals surface area contributed by atoms with Crippen molar-refractivity contribution in [2.24, 2.45) is 0 Å². The lowest BCUT2D eigenvalue weighted by Gasteiger charge is -2.37. The number of hydrogen-bond donors (Lipinski definition) is 1. The molecule has 8 nitrogen and oxygen atoms in total. The van der Waals surface area contributed by atoms with E-state index in [0.717, 1.165) is 47.3 Å². The molecule has 2 heterocycles. The van der Waals surface area contributed by atoms with E-state index in [1.165, 1.54) is 16.2 Å². The minimum Gasteiger partial charge on any atom is -0.493 e. The Morgan fingerprint density at radius 3 is 2.62 bits per heavy atom. The smallest absolute Gasteiger partial charge is 0.326 e. The van der Waals surface area contributed by atoms with Gasteiger partial charge in [0.05, 0.1) is 23.6 Å². The third-order valence-electron chi connectivity index (χ3n) is 7.02. The number of amides is 1. The average Bonchev–Trinajstić information content (AvgIpc) is 3.64. The third kappa shape index (κ3) is 5.47. The second-order valence-electron chi connectivity index (χ2n) is 9.35. The molecule has 3 aromatic rings. The van der Waals surface area contributed by atoms with Gasteiger partial charge in [-0.25, -0.2) is 4.79 Å². The van der Waals surface area contributed by atoms with E-state index < -0.39 is 18.1 Å². The largest absolute Gasteiger partial charge is 0.493 e.